The lowest BCUT2D eigenvalue weighted by molar-refractivity contribution is 0.0697. The van der Waals surface area contributed by atoms with Crippen LogP contribution in [-0.4, -0.2) is 16.1 Å². The third kappa shape index (κ3) is 2.85. The monoisotopic (exact) mass is 296 g/mol. The lowest BCUT2D eigenvalue weighted by Gasteiger charge is -2.07. The van der Waals surface area contributed by atoms with E-state index in [-0.39, 0.29) is 5.56 Å². The van der Waals surface area contributed by atoms with Crippen molar-refractivity contribution in [3.05, 3.63) is 46.5 Å². The van der Waals surface area contributed by atoms with Gasteiger partial charge in [0.25, 0.3) is 0 Å². The van der Waals surface area contributed by atoms with Gasteiger partial charge in [0.15, 0.2) is 0 Å². The van der Waals surface area contributed by atoms with Crippen LogP contribution in [0.1, 0.15) is 16.1 Å². The Morgan fingerprint density at radius 3 is 3.06 bits per heavy atom. The molecule has 0 atom stereocenters. The normalized spacial score (nSPS) is 10.2. The van der Waals surface area contributed by atoms with Gasteiger partial charge < -0.3 is 14.8 Å². The molecule has 0 bridgehead atoms. The molecule has 17 heavy (non-hydrogen) atoms. The third-order valence-electron chi connectivity index (χ3n) is 2.09. The van der Waals surface area contributed by atoms with Crippen LogP contribution >= 0.6 is 15.9 Å². The van der Waals surface area contributed by atoms with E-state index in [0.29, 0.717) is 22.6 Å². The van der Waals surface area contributed by atoms with Crippen LogP contribution in [0.25, 0.3) is 0 Å². The summed E-state index contributed by atoms with van der Waals surface area (Å²) in [5, 5.41) is 11.9. The number of carboxylic acids is 1. The number of hydrogen-bond acceptors (Lipinski definition) is 4. The van der Waals surface area contributed by atoms with Crippen LogP contribution in [0.15, 0.2) is 39.5 Å². The Labute approximate surface area is 106 Å². The van der Waals surface area contributed by atoms with Crippen LogP contribution in [-0.2, 0) is 6.54 Å². The minimum atomic E-state index is -1.03. The molecular weight excluding hydrogens is 288 g/mol. The Bertz CT molecular complexity index is 526. The Hall–Kier alpha value is -1.82. The molecule has 0 aromatic carbocycles. The first-order valence-electron chi connectivity index (χ1n) is 4.82. The first-order chi connectivity index (χ1) is 8.16. The van der Waals surface area contributed by atoms with E-state index < -0.39 is 5.97 Å². The summed E-state index contributed by atoms with van der Waals surface area (Å²) in [7, 11) is 0. The van der Waals surface area contributed by atoms with E-state index in [1.807, 2.05) is 0 Å². The number of nitrogens with zero attached hydrogens (tertiary/aromatic N) is 1. The summed E-state index contributed by atoms with van der Waals surface area (Å²) in [5.74, 6) is 0.00361. The fraction of sp³-hybridized carbons (Fsp3) is 0.0909. The summed E-state index contributed by atoms with van der Waals surface area (Å²) in [5.41, 5.74) is 0.117. The number of aromatic nitrogens is 1. The standard InChI is InChI=1S/C11H9BrN2O3/c12-7-4-9(11(15)16)10(13-5-7)14-6-8-2-1-3-17-8/h1-5H,6H2,(H,13,14)(H,15,16). The number of carboxylic acid groups (broad SMARTS) is 1. The van der Waals surface area contributed by atoms with Gasteiger partial charge in [-0.25, -0.2) is 9.78 Å². The topological polar surface area (TPSA) is 75.4 Å². The molecule has 0 aliphatic heterocycles. The van der Waals surface area contributed by atoms with Crippen molar-refractivity contribution in [2.45, 2.75) is 6.54 Å². The number of nitrogens with one attached hydrogen (secondary N) is 1. The molecule has 0 aliphatic carbocycles. The van der Waals surface area contributed by atoms with Gasteiger partial charge in [-0.3, -0.25) is 0 Å². The number of rotatable bonds is 4. The molecule has 88 valence electrons. The van der Waals surface area contributed by atoms with E-state index in [9.17, 15) is 4.79 Å². The predicted molar refractivity (Wildman–Crippen MR) is 64.9 cm³/mol. The predicted octanol–water partition coefficient (Wildman–Crippen LogP) is 2.75. The van der Waals surface area contributed by atoms with Gasteiger partial charge in [-0.15, -0.1) is 0 Å². The van der Waals surface area contributed by atoms with Crippen molar-refractivity contribution in [1.29, 1.82) is 0 Å². The largest absolute Gasteiger partial charge is 0.478 e. The van der Waals surface area contributed by atoms with Gasteiger partial charge in [-0.05, 0) is 34.1 Å². The van der Waals surface area contributed by atoms with Gasteiger partial charge in [-0.1, -0.05) is 0 Å². The number of furan rings is 1. The molecule has 0 amide bonds. The summed E-state index contributed by atoms with van der Waals surface area (Å²) in [6.07, 6.45) is 3.10. The van der Waals surface area contributed by atoms with Crippen molar-refractivity contribution in [3.8, 4) is 0 Å². The summed E-state index contributed by atoms with van der Waals surface area (Å²) in [4.78, 5) is 15.0. The minimum Gasteiger partial charge on any atom is -0.478 e. The third-order valence-corrected chi connectivity index (χ3v) is 2.53. The molecule has 0 fully saturated rings. The van der Waals surface area contributed by atoms with Crippen molar-refractivity contribution in [1.82, 2.24) is 4.98 Å². The molecular formula is C11H9BrN2O3. The van der Waals surface area contributed by atoms with Gasteiger partial charge >= 0.3 is 5.97 Å². The molecule has 2 aromatic rings. The fourth-order valence-corrected chi connectivity index (χ4v) is 1.66. The van der Waals surface area contributed by atoms with Gasteiger partial charge in [-0.2, -0.15) is 0 Å². The summed E-state index contributed by atoms with van der Waals surface area (Å²) < 4.78 is 5.76. The zero-order valence-electron chi connectivity index (χ0n) is 8.68. The van der Waals surface area contributed by atoms with E-state index in [0.717, 1.165) is 0 Å². The molecule has 0 radical (unpaired) electrons. The highest BCUT2D eigenvalue weighted by Crippen LogP contribution is 2.18. The van der Waals surface area contributed by atoms with Crippen LogP contribution in [0.4, 0.5) is 5.82 Å². The first-order valence-corrected chi connectivity index (χ1v) is 5.61. The lowest BCUT2D eigenvalue weighted by atomic mass is 10.2. The Morgan fingerprint density at radius 2 is 2.41 bits per heavy atom. The van der Waals surface area contributed by atoms with E-state index in [2.05, 4.69) is 26.2 Å². The second-order valence-electron chi connectivity index (χ2n) is 3.29. The molecule has 2 N–H and O–H groups in total. The second-order valence-corrected chi connectivity index (χ2v) is 4.20. The smallest absolute Gasteiger partial charge is 0.339 e. The van der Waals surface area contributed by atoms with E-state index >= 15 is 0 Å². The molecule has 0 saturated heterocycles. The fourth-order valence-electron chi connectivity index (χ4n) is 1.33. The maximum absolute atomic E-state index is 11.0. The number of carbonyl (C=O) groups is 1. The molecule has 0 spiro atoms. The number of hydrogen-bond donors (Lipinski definition) is 2. The molecule has 2 rings (SSSR count). The van der Waals surface area contributed by atoms with Gasteiger partial charge in [0.1, 0.15) is 17.1 Å². The number of halogens is 1. The maximum Gasteiger partial charge on any atom is 0.339 e. The molecule has 0 saturated carbocycles. The van der Waals surface area contributed by atoms with Gasteiger partial charge in [0, 0.05) is 10.7 Å². The average Bonchev–Trinajstić information content (AvgIpc) is 2.80. The van der Waals surface area contributed by atoms with Crippen molar-refractivity contribution in [3.63, 3.8) is 0 Å². The molecule has 5 nitrogen and oxygen atoms in total. The van der Waals surface area contributed by atoms with Gasteiger partial charge in [0.2, 0.25) is 0 Å². The van der Waals surface area contributed by atoms with E-state index in [1.54, 1.807) is 18.4 Å². The average molecular weight is 297 g/mol. The van der Waals surface area contributed by atoms with E-state index in [4.69, 9.17) is 9.52 Å². The Morgan fingerprint density at radius 1 is 1.59 bits per heavy atom. The Kier molecular flexibility index (Phi) is 3.43. The van der Waals surface area contributed by atoms with Crippen LogP contribution < -0.4 is 5.32 Å². The van der Waals surface area contributed by atoms with Crippen molar-refractivity contribution < 1.29 is 14.3 Å². The molecule has 6 heteroatoms. The van der Waals surface area contributed by atoms with Gasteiger partial charge in [0.05, 0.1) is 12.8 Å². The zero-order valence-corrected chi connectivity index (χ0v) is 10.3. The highest BCUT2D eigenvalue weighted by atomic mass is 79.9. The lowest BCUT2D eigenvalue weighted by Crippen LogP contribution is -2.08. The first kappa shape index (κ1) is 11.7. The summed E-state index contributed by atoms with van der Waals surface area (Å²) in [6.45, 7) is 0.391. The molecule has 0 aliphatic rings. The minimum absolute atomic E-state index is 0.117. The second kappa shape index (κ2) is 5.01. The molecule has 0 unspecified atom stereocenters. The molecule has 2 aromatic heterocycles. The zero-order chi connectivity index (χ0) is 12.3. The molecule has 2 heterocycles. The van der Waals surface area contributed by atoms with Crippen molar-refractivity contribution >= 4 is 27.7 Å². The number of anilines is 1. The highest BCUT2D eigenvalue weighted by molar-refractivity contribution is 9.10. The van der Waals surface area contributed by atoms with Crippen molar-refractivity contribution in [2.75, 3.05) is 5.32 Å². The van der Waals surface area contributed by atoms with Crippen LogP contribution in [0.5, 0.6) is 0 Å². The SMILES string of the molecule is O=C(O)c1cc(Br)cnc1NCc1ccco1. The van der Waals surface area contributed by atoms with Crippen LogP contribution in [0.3, 0.4) is 0 Å². The summed E-state index contributed by atoms with van der Waals surface area (Å²) in [6, 6.07) is 5.07. The van der Waals surface area contributed by atoms with Crippen LogP contribution in [0.2, 0.25) is 0 Å². The van der Waals surface area contributed by atoms with Crippen molar-refractivity contribution in [2.24, 2.45) is 0 Å². The quantitative estimate of drug-likeness (QED) is 0.907. The van der Waals surface area contributed by atoms with E-state index in [1.165, 1.54) is 12.3 Å². The maximum atomic E-state index is 11.0. The summed E-state index contributed by atoms with van der Waals surface area (Å²) >= 11 is 3.18. The Balaban J connectivity index is 2.17. The number of aromatic carboxylic acids is 1. The van der Waals surface area contributed by atoms with Crippen LogP contribution in [0, 0.1) is 0 Å². The number of pyridine rings is 1. The highest BCUT2D eigenvalue weighted by Gasteiger charge is 2.12.